The van der Waals surface area contributed by atoms with E-state index in [4.69, 9.17) is 0 Å². The molecule has 0 aromatic heterocycles. The fourth-order valence-electron chi connectivity index (χ4n) is 2.71. The second-order valence-electron chi connectivity index (χ2n) is 5.44. The smallest absolute Gasteiger partial charge is 0.309 e. The highest BCUT2D eigenvalue weighted by molar-refractivity contribution is 9.10. The van der Waals surface area contributed by atoms with Crippen molar-refractivity contribution in [2.75, 3.05) is 0 Å². The molecule has 0 N–H and O–H groups in total. The number of hydrogen-bond donors (Lipinski definition) is 0. The lowest BCUT2D eigenvalue weighted by Crippen LogP contribution is -2.30. The van der Waals surface area contributed by atoms with Gasteiger partial charge in [-0.3, -0.25) is 0 Å². The Hall–Kier alpha value is -1.84. The Balaban J connectivity index is 2.39. The zero-order valence-corrected chi connectivity index (χ0v) is 15.4. The molecule has 0 atom stereocenters. The summed E-state index contributed by atoms with van der Waals surface area (Å²) in [6, 6.07) is 20.2. The molecule has 0 fully saturated rings. The van der Waals surface area contributed by atoms with E-state index in [0.29, 0.717) is 15.1 Å². The standard InChI is InChI=1S/C19H13BrF3OP/c20-14-11-12-17(19(21,22)23)18(13-14)25(24,15-7-3-1-4-8-15)16-9-5-2-6-10-16/h1-13H. The van der Waals surface area contributed by atoms with Gasteiger partial charge in [0.05, 0.1) is 5.56 Å². The minimum atomic E-state index is -4.60. The summed E-state index contributed by atoms with van der Waals surface area (Å²) < 4.78 is 55.4. The predicted octanol–water partition coefficient (Wildman–Crippen LogP) is 5.11. The van der Waals surface area contributed by atoms with Crippen molar-refractivity contribution in [2.24, 2.45) is 0 Å². The van der Waals surface area contributed by atoms with Gasteiger partial charge in [-0.25, -0.2) is 0 Å². The molecule has 0 bridgehead atoms. The summed E-state index contributed by atoms with van der Waals surface area (Å²) in [7, 11) is -3.69. The number of halogens is 4. The summed E-state index contributed by atoms with van der Waals surface area (Å²) in [4.78, 5) is 0. The molecule has 0 aliphatic heterocycles. The molecule has 0 amide bonds. The lowest BCUT2D eigenvalue weighted by molar-refractivity contribution is -0.136. The summed E-state index contributed by atoms with van der Waals surface area (Å²) in [6.45, 7) is 0. The lowest BCUT2D eigenvalue weighted by Gasteiger charge is -2.23. The highest BCUT2D eigenvalue weighted by Crippen LogP contribution is 2.46. The van der Waals surface area contributed by atoms with E-state index in [-0.39, 0.29) is 5.30 Å². The fourth-order valence-corrected chi connectivity index (χ4v) is 6.15. The monoisotopic (exact) mass is 424 g/mol. The van der Waals surface area contributed by atoms with Crippen molar-refractivity contribution >= 4 is 39.0 Å². The lowest BCUT2D eigenvalue weighted by atomic mass is 10.2. The van der Waals surface area contributed by atoms with Crippen molar-refractivity contribution in [3.63, 3.8) is 0 Å². The number of alkyl halides is 3. The molecule has 1 nitrogen and oxygen atoms in total. The Kier molecular flexibility index (Phi) is 4.90. The van der Waals surface area contributed by atoms with E-state index in [2.05, 4.69) is 15.9 Å². The molecule has 128 valence electrons. The molecule has 0 radical (unpaired) electrons. The van der Waals surface area contributed by atoms with Crippen molar-refractivity contribution in [1.29, 1.82) is 0 Å². The van der Waals surface area contributed by atoms with Gasteiger partial charge >= 0.3 is 6.18 Å². The first-order valence-corrected chi connectivity index (χ1v) is 9.92. The third-order valence-electron chi connectivity index (χ3n) is 3.84. The van der Waals surface area contributed by atoms with Gasteiger partial charge in [0, 0.05) is 20.4 Å². The van der Waals surface area contributed by atoms with Crippen molar-refractivity contribution in [1.82, 2.24) is 0 Å². The van der Waals surface area contributed by atoms with Crippen LogP contribution in [0.25, 0.3) is 0 Å². The number of hydrogen-bond acceptors (Lipinski definition) is 1. The molecule has 3 rings (SSSR count). The van der Waals surface area contributed by atoms with E-state index in [0.717, 1.165) is 6.07 Å². The third-order valence-corrected chi connectivity index (χ3v) is 7.44. The largest absolute Gasteiger partial charge is 0.417 e. The van der Waals surface area contributed by atoms with Gasteiger partial charge in [0.25, 0.3) is 0 Å². The van der Waals surface area contributed by atoms with E-state index < -0.39 is 18.9 Å². The number of benzene rings is 3. The minimum Gasteiger partial charge on any atom is -0.309 e. The predicted molar refractivity (Wildman–Crippen MR) is 98.5 cm³/mol. The van der Waals surface area contributed by atoms with Crippen LogP contribution < -0.4 is 15.9 Å². The van der Waals surface area contributed by atoms with Gasteiger partial charge in [-0.1, -0.05) is 76.6 Å². The Morgan fingerprint density at radius 2 is 1.24 bits per heavy atom. The molecule has 6 heteroatoms. The van der Waals surface area contributed by atoms with Crippen LogP contribution in [0.1, 0.15) is 5.56 Å². The third kappa shape index (κ3) is 3.44. The van der Waals surface area contributed by atoms with Crippen LogP contribution in [0.3, 0.4) is 0 Å². The summed E-state index contributed by atoms with van der Waals surface area (Å²) in [5.41, 5.74) is -0.883. The quantitative estimate of drug-likeness (QED) is 0.534. The van der Waals surface area contributed by atoms with E-state index in [1.54, 1.807) is 60.7 Å². The molecule has 0 spiro atoms. The first-order valence-electron chi connectivity index (χ1n) is 7.42. The molecule has 0 aliphatic carbocycles. The zero-order valence-electron chi connectivity index (χ0n) is 12.9. The van der Waals surface area contributed by atoms with Crippen LogP contribution in [-0.2, 0) is 10.7 Å². The van der Waals surface area contributed by atoms with E-state index in [1.165, 1.54) is 12.1 Å². The minimum absolute atomic E-state index is 0.216. The normalized spacial score (nSPS) is 12.2. The topological polar surface area (TPSA) is 17.1 Å². The van der Waals surface area contributed by atoms with Gasteiger partial charge < -0.3 is 4.57 Å². The van der Waals surface area contributed by atoms with Crippen LogP contribution >= 0.6 is 23.1 Å². The molecule has 3 aromatic rings. The van der Waals surface area contributed by atoms with E-state index in [1.807, 2.05) is 0 Å². The molecule has 25 heavy (non-hydrogen) atoms. The van der Waals surface area contributed by atoms with Crippen LogP contribution in [-0.4, -0.2) is 0 Å². The Bertz CT molecular complexity index is 881. The van der Waals surface area contributed by atoms with E-state index >= 15 is 0 Å². The number of rotatable bonds is 3. The highest BCUT2D eigenvalue weighted by Gasteiger charge is 2.41. The molecular weight excluding hydrogens is 412 g/mol. The first kappa shape index (κ1) is 18.0. The molecule has 0 aliphatic rings. The summed E-state index contributed by atoms with van der Waals surface area (Å²) in [5, 5.41) is 0.515. The molecule has 0 unspecified atom stereocenters. The second kappa shape index (κ2) is 6.81. The summed E-state index contributed by atoms with van der Waals surface area (Å²) >= 11 is 3.21. The Labute approximate surface area is 152 Å². The highest BCUT2D eigenvalue weighted by atomic mass is 79.9. The van der Waals surface area contributed by atoms with Crippen LogP contribution in [0, 0.1) is 0 Å². The van der Waals surface area contributed by atoms with Gasteiger partial charge in [0.1, 0.15) is 0 Å². The average molecular weight is 425 g/mol. The van der Waals surface area contributed by atoms with Crippen LogP contribution in [0.4, 0.5) is 13.2 Å². The van der Waals surface area contributed by atoms with E-state index in [9.17, 15) is 17.7 Å². The van der Waals surface area contributed by atoms with Crippen LogP contribution in [0.15, 0.2) is 83.3 Å². The average Bonchev–Trinajstić information content (AvgIpc) is 2.61. The van der Waals surface area contributed by atoms with Gasteiger partial charge in [0.2, 0.25) is 0 Å². The molecule has 0 heterocycles. The molecular formula is C19H13BrF3OP. The molecule has 3 aromatic carbocycles. The van der Waals surface area contributed by atoms with Crippen LogP contribution in [0.5, 0.6) is 0 Å². The van der Waals surface area contributed by atoms with Gasteiger partial charge in [0.15, 0.2) is 7.14 Å². The maximum Gasteiger partial charge on any atom is 0.417 e. The van der Waals surface area contributed by atoms with Crippen molar-refractivity contribution in [3.05, 3.63) is 88.9 Å². The van der Waals surface area contributed by atoms with Crippen molar-refractivity contribution in [2.45, 2.75) is 6.18 Å². The van der Waals surface area contributed by atoms with Crippen LogP contribution in [0.2, 0.25) is 0 Å². The zero-order chi connectivity index (χ0) is 18.1. The summed E-state index contributed by atoms with van der Waals surface area (Å²) in [5.74, 6) is 0. The first-order chi connectivity index (χ1) is 11.8. The van der Waals surface area contributed by atoms with Gasteiger partial charge in [-0.2, -0.15) is 13.2 Å². The second-order valence-corrected chi connectivity index (χ2v) is 9.09. The van der Waals surface area contributed by atoms with Crippen molar-refractivity contribution < 1.29 is 17.7 Å². The molecule has 0 saturated carbocycles. The SMILES string of the molecule is O=P(c1ccccc1)(c1ccccc1)c1cc(Br)ccc1C(F)(F)F. The fraction of sp³-hybridized carbons (Fsp3) is 0.0526. The van der Waals surface area contributed by atoms with Crippen molar-refractivity contribution in [3.8, 4) is 0 Å². The van der Waals surface area contributed by atoms with Gasteiger partial charge in [-0.15, -0.1) is 0 Å². The maximum atomic E-state index is 14.1. The molecule has 0 saturated heterocycles. The Morgan fingerprint density at radius 1 is 0.760 bits per heavy atom. The Morgan fingerprint density at radius 3 is 1.68 bits per heavy atom. The summed E-state index contributed by atoms with van der Waals surface area (Å²) in [6.07, 6.45) is -4.60. The maximum absolute atomic E-state index is 14.1. The van der Waals surface area contributed by atoms with Gasteiger partial charge in [-0.05, 0) is 18.2 Å².